The SMILES string of the molecule is CCCCCCCCC(=O)CCCC(N)C(=O)OO. The lowest BCUT2D eigenvalue weighted by atomic mass is 10.0. The number of Topliss-reactive ketones (excluding diaryl/α,β-unsaturated/α-hetero) is 1. The van der Waals surface area contributed by atoms with Crippen molar-refractivity contribution in [3.8, 4) is 0 Å². The molecule has 0 spiro atoms. The van der Waals surface area contributed by atoms with Gasteiger partial charge in [0.1, 0.15) is 11.8 Å². The molecule has 0 aliphatic rings. The van der Waals surface area contributed by atoms with Crippen LogP contribution in [0.1, 0.15) is 71.1 Å². The molecule has 5 heteroatoms. The average molecular weight is 273 g/mol. The summed E-state index contributed by atoms with van der Waals surface area (Å²) < 4.78 is 0. The number of hydrogen-bond acceptors (Lipinski definition) is 5. The van der Waals surface area contributed by atoms with Crippen LogP contribution in [0.2, 0.25) is 0 Å². The van der Waals surface area contributed by atoms with Crippen LogP contribution in [0.5, 0.6) is 0 Å². The Morgan fingerprint density at radius 1 is 1.05 bits per heavy atom. The maximum Gasteiger partial charge on any atom is 0.358 e. The first kappa shape index (κ1) is 18.1. The molecule has 0 aromatic heterocycles. The summed E-state index contributed by atoms with van der Waals surface area (Å²) in [5.41, 5.74) is 5.44. The predicted octanol–water partition coefficient (Wildman–Crippen LogP) is 2.82. The maximum absolute atomic E-state index is 11.5. The molecule has 0 saturated carbocycles. The number of carbonyl (C=O) groups excluding carboxylic acids is 2. The highest BCUT2D eigenvalue weighted by Gasteiger charge is 2.15. The molecular weight excluding hydrogens is 246 g/mol. The Morgan fingerprint density at radius 2 is 1.63 bits per heavy atom. The quantitative estimate of drug-likeness (QED) is 0.324. The Bertz CT molecular complexity index is 256. The van der Waals surface area contributed by atoms with Gasteiger partial charge in [0.15, 0.2) is 0 Å². The van der Waals surface area contributed by atoms with E-state index < -0.39 is 12.0 Å². The first-order valence-corrected chi connectivity index (χ1v) is 7.24. The van der Waals surface area contributed by atoms with E-state index in [1.54, 1.807) is 0 Å². The Labute approximate surface area is 115 Å². The molecule has 1 unspecified atom stereocenters. The number of ketones is 1. The molecule has 19 heavy (non-hydrogen) atoms. The molecule has 0 aliphatic heterocycles. The topological polar surface area (TPSA) is 89.6 Å². The van der Waals surface area contributed by atoms with E-state index in [2.05, 4.69) is 11.8 Å². The van der Waals surface area contributed by atoms with Gasteiger partial charge in [-0.2, -0.15) is 5.26 Å². The van der Waals surface area contributed by atoms with E-state index in [0.29, 0.717) is 25.7 Å². The van der Waals surface area contributed by atoms with Crippen LogP contribution in [0.4, 0.5) is 0 Å². The van der Waals surface area contributed by atoms with Gasteiger partial charge < -0.3 is 5.73 Å². The normalized spacial score (nSPS) is 12.2. The second kappa shape index (κ2) is 12.1. The molecule has 0 rings (SSSR count). The van der Waals surface area contributed by atoms with Crippen LogP contribution < -0.4 is 5.73 Å². The van der Waals surface area contributed by atoms with Gasteiger partial charge in [0.25, 0.3) is 0 Å². The Kier molecular flexibility index (Phi) is 11.5. The minimum atomic E-state index is -0.844. The van der Waals surface area contributed by atoms with Crippen molar-refractivity contribution < 1.29 is 19.7 Å². The van der Waals surface area contributed by atoms with Crippen LogP contribution in [-0.4, -0.2) is 23.1 Å². The van der Waals surface area contributed by atoms with Crippen molar-refractivity contribution in [2.24, 2.45) is 5.73 Å². The Morgan fingerprint density at radius 3 is 2.26 bits per heavy atom. The number of unbranched alkanes of at least 4 members (excludes halogenated alkanes) is 5. The zero-order chi connectivity index (χ0) is 14.5. The van der Waals surface area contributed by atoms with E-state index in [9.17, 15) is 9.59 Å². The standard InChI is InChI=1S/C14H27NO4/c1-2-3-4-5-6-7-9-12(16)10-8-11-13(15)14(17)19-18/h13,18H,2-11,15H2,1H3. The lowest BCUT2D eigenvalue weighted by molar-refractivity contribution is -0.235. The van der Waals surface area contributed by atoms with Crippen molar-refractivity contribution in [1.82, 2.24) is 0 Å². The van der Waals surface area contributed by atoms with E-state index in [-0.39, 0.29) is 5.78 Å². The Balaban J connectivity index is 3.42. The number of carbonyl (C=O) groups is 2. The molecular formula is C14H27NO4. The summed E-state index contributed by atoms with van der Waals surface area (Å²) >= 11 is 0. The lowest BCUT2D eigenvalue weighted by Gasteiger charge is -2.06. The van der Waals surface area contributed by atoms with Crippen molar-refractivity contribution >= 4 is 11.8 Å². The molecule has 0 radical (unpaired) electrons. The smallest absolute Gasteiger partial charge is 0.318 e. The van der Waals surface area contributed by atoms with E-state index in [1.807, 2.05) is 0 Å². The summed E-state index contributed by atoms with van der Waals surface area (Å²) in [5, 5.41) is 8.12. The number of hydrogen-bond donors (Lipinski definition) is 2. The van der Waals surface area contributed by atoms with Gasteiger partial charge in [-0.15, -0.1) is 0 Å². The molecule has 112 valence electrons. The molecule has 0 heterocycles. The highest BCUT2D eigenvalue weighted by molar-refractivity contribution is 5.78. The van der Waals surface area contributed by atoms with Gasteiger partial charge in [-0.1, -0.05) is 39.0 Å². The third-order valence-electron chi connectivity index (χ3n) is 3.17. The van der Waals surface area contributed by atoms with E-state index >= 15 is 0 Å². The summed E-state index contributed by atoms with van der Waals surface area (Å²) in [4.78, 5) is 25.9. The predicted molar refractivity (Wildman–Crippen MR) is 73.5 cm³/mol. The zero-order valence-electron chi connectivity index (χ0n) is 11.9. The fourth-order valence-electron chi connectivity index (χ4n) is 1.93. The molecule has 3 N–H and O–H groups in total. The van der Waals surface area contributed by atoms with Crippen molar-refractivity contribution in [2.45, 2.75) is 77.2 Å². The van der Waals surface area contributed by atoms with Crippen molar-refractivity contribution in [1.29, 1.82) is 0 Å². The molecule has 5 nitrogen and oxygen atoms in total. The highest BCUT2D eigenvalue weighted by atomic mass is 17.1. The van der Waals surface area contributed by atoms with Crippen LogP contribution >= 0.6 is 0 Å². The van der Waals surface area contributed by atoms with Gasteiger partial charge in [0.2, 0.25) is 0 Å². The van der Waals surface area contributed by atoms with Crippen LogP contribution in [-0.2, 0) is 14.5 Å². The minimum Gasteiger partial charge on any atom is -0.318 e. The fourth-order valence-corrected chi connectivity index (χ4v) is 1.93. The van der Waals surface area contributed by atoms with E-state index in [4.69, 9.17) is 11.0 Å². The average Bonchev–Trinajstić information content (AvgIpc) is 2.41. The van der Waals surface area contributed by atoms with Crippen LogP contribution in [0.25, 0.3) is 0 Å². The van der Waals surface area contributed by atoms with Crippen molar-refractivity contribution in [2.75, 3.05) is 0 Å². The molecule has 1 atom stereocenters. The van der Waals surface area contributed by atoms with Crippen molar-refractivity contribution in [3.05, 3.63) is 0 Å². The molecule has 0 amide bonds. The van der Waals surface area contributed by atoms with Gasteiger partial charge in [-0.3, -0.25) is 9.68 Å². The van der Waals surface area contributed by atoms with E-state index in [0.717, 1.165) is 12.8 Å². The third-order valence-corrected chi connectivity index (χ3v) is 3.17. The summed E-state index contributed by atoms with van der Waals surface area (Å²) in [6.45, 7) is 2.18. The largest absolute Gasteiger partial charge is 0.358 e. The molecule has 0 fully saturated rings. The summed E-state index contributed by atoms with van der Waals surface area (Å²) in [6, 6.07) is -0.841. The van der Waals surface area contributed by atoms with E-state index in [1.165, 1.54) is 25.7 Å². The molecule has 0 bridgehead atoms. The summed E-state index contributed by atoms with van der Waals surface area (Å²) in [7, 11) is 0. The lowest BCUT2D eigenvalue weighted by Crippen LogP contribution is -2.31. The first-order chi connectivity index (χ1) is 9.11. The minimum absolute atomic E-state index is 0.222. The zero-order valence-corrected chi connectivity index (χ0v) is 11.9. The summed E-state index contributed by atoms with van der Waals surface area (Å²) in [6.07, 6.45) is 9.01. The first-order valence-electron chi connectivity index (χ1n) is 7.24. The van der Waals surface area contributed by atoms with Crippen LogP contribution in [0.15, 0.2) is 0 Å². The third kappa shape index (κ3) is 10.7. The van der Waals surface area contributed by atoms with Crippen LogP contribution in [0.3, 0.4) is 0 Å². The molecule has 0 aromatic carbocycles. The molecule has 0 aromatic rings. The highest BCUT2D eigenvalue weighted by Crippen LogP contribution is 2.09. The van der Waals surface area contributed by atoms with Gasteiger partial charge in [-0.25, -0.2) is 4.79 Å². The monoisotopic (exact) mass is 273 g/mol. The van der Waals surface area contributed by atoms with Gasteiger partial charge in [-0.05, 0) is 19.3 Å². The number of nitrogens with two attached hydrogens (primary N) is 1. The van der Waals surface area contributed by atoms with Gasteiger partial charge >= 0.3 is 5.97 Å². The molecule has 0 aliphatic carbocycles. The fraction of sp³-hybridized carbons (Fsp3) is 0.857. The Hall–Kier alpha value is -0.940. The second-order valence-electron chi connectivity index (χ2n) is 4.97. The second-order valence-corrected chi connectivity index (χ2v) is 4.97. The molecule has 0 saturated heterocycles. The van der Waals surface area contributed by atoms with Crippen molar-refractivity contribution in [3.63, 3.8) is 0 Å². The van der Waals surface area contributed by atoms with Gasteiger partial charge in [0, 0.05) is 12.8 Å². The summed E-state index contributed by atoms with van der Waals surface area (Å²) in [5.74, 6) is -0.622. The van der Waals surface area contributed by atoms with Gasteiger partial charge in [0.05, 0.1) is 0 Å². The maximum atomic E-state index is 11.5. The van der Waals surface area contributed by atoms with Crippen LogP contribution in [0, 0.1) is 0 Å². The number of rotatable bonds is 12.